The van der Waals surface area contributed by atoms with Crippen molar-refractivity contribution in [3.05, 3.63) is 47.5 Å². The number of hydrogen-bond acceptors (Lipinski definition) is 7. The second-order valence-electron chi connectivity index (χ2n) is 8.93. The van der Waals surface area contributed by atoms with Crippen LogP contribution in [0.15, 0.2) is 36.4 Å². The summed E-state index contributed by atoms with van der Waals surface area (Å²) in [5.41, 5.74) is 2.07. The summed E-state index contributed by atoms with van der Waals surface area (Å²) >= 11 is 0. The van der Waals surface area contributed by atoms with Crippen molar-refractivity contribution in [2.45, 2.75) is 63.8 Å². The van der Waals surface area contributed by atoms with E-state index in [1.807, 2.05) is 25.1 Å². The number of ether oxygens (including phenoxy) is 4. The topological polar surface area (TPSA) is 86.6 Å². The first-order chi connectivity index (χ1) is 15.6. The Labute approximate surface area is 189 Å². The van der Waals surface area contributed by atoms with Gasteiger partial charge < -0.3 is 24.1 Å². The zero-order valence-corrected chi connectivity index (χ0v) is 18.8. The molecule has 2 aliphatic heterocycles. The molecule has 2 N–H and O–H groups in total. The van der Waals surface area contributed by atoms with Crippen molar-refractivity contribution < 1.29 is 34.2 Å². The van der Waals surface area contributed by atoms with E-state index in [0.29, 0.717) is 32.3 Å². The summed E-state index contributed by atoms with van der Waals surface area (Å²) in [5.74, 6) is 0.400. The third-order valence-electron chi connectivity index (χ3n) is 6.27. The molecule has 7 heteroatoms. The van der Waals surface area contributed by atoms with E-state index in [2.05, 4.69) is 30.0 Å². The summed E-state index contributed by atoms with van der Waals surface area (Å²) < 4.78 is 22.8. The second-order valence-corrected chi connectivity index (χ2v) is 8.93. The van der Waals surface area contributed by atoms with E-state index in [1.165, 1.54) is 5.56 Å². The number of benzene rings is 2. The molecule has 2 saturated heterocycles. The third-order valence-corrected chi connectivity index (χ3v) is 6.27. The van der Waals surface area contributed by atoms with Crippen LogP contribution in [-0.2, 0) is 30.3 Å². The molecule has 32 heavy (non-hydrogen) atoms. The highest BCUT2D eigenvalue weighted by molar-refractivity contribution is 5.83. The van der Waals surface area contributed by atoms with Gasteiger partial charge in [0.05, 0.1) is 13.2 Å². The molecule has 6 atom stereocenters. The van der Waals surface area contributed by atoms with Gasteiger partial charge in [0.1, 0.15) is 24.4 Å². The van der Waals surface area contributed by atoms with E-state index >= 15 is 0 Å². The maximum absolute atomic E-state index is 9.84. The van der Waals surface area contributed by atoms with Crippen molar-refractivity contribution in [3.8, 4) is 0 Å². The van der Waals surface area contributed by atoms with Crippen LogP contribution in [0.25, 0.3) is 10.8 Å². The van der Waals surface area contributed by atoms with Crippen LogP contribution < -0.4 is 0 Å². The number of aliphatic hydroxyl groups excluding tert-OH is 1. The van der Waals surface area contributed by atoms with Gasteiger partial charge in [0.25, 0.3) is 0 Å². The fraction of sp³-hybridized carbons (Fsp3) is 0.600. The smallest absolute Gasteiger partial charge is 0.217 e. The first-order valence-corrected chi connectivity index (χ1v) is 11.6. The summed E-state index contributed by atoms with van der Waals surface area (Å²) in [4.78, 5) is 4.50. The second kappa shape index (κ2) is 11.0. The first kappa shape index (κ1) is 23.6. The SMILES string of the molecule is CCCOC(OO)c1ccc2cc(CCC(C)CO[C@@H]3CO[C@H]4[C@@H]3OC[C@H]4O)ccc2c1. The van der Waals surface area contributed by atoms with Gasteiger partial charge in [-0.05, 0) is 47.6 Å². The fourth-order valence-corrected chi connectivity index (χ4v) is 4.40. The normalized spacial score (nSPS) is 27.0. The molecule has 0 aliphatic carbocycles. The van der Waals surface area contributed by atoms with Crippen LogP contribution in [0.1, 0.15) is 44.1 Å². The van der Waals surface area contributed by atoms with Gasteiger partial charge in [-0.2, -0.15) is 0 Å². The lowest BCUT2D eigenvalue weighted by molar-refractivity contribution is -0.351. The average Bonchev–Trinajstić information content (AvgIpc) is 3.39. The molecule has 2 aromatic rings. The molecular formula is C25H34O7. The molecule has 0 saturated carbocycles. The van der Waals surface area contributed by atoms with Crippen LogP contribution in [0.2, 0.25) is 0 Å². The third kappa shape index (κ3) is 5.48. The van der Waals surface area contributed by atoms with Crippen LogP contribution >= 0.6 is 0 Å². The lowest BCUT2D eigenvalue weighted by Crippen LogP contribution is -2.33. The summed E-state index contributed by atoms with van der Waals surface area (Å²) in [5, 5.41) is 21.2. The number of rotatable bonds is 11. The summed E-state index contributed by atoms with van der Waals surface area (Å²) in [6.07, 6.45) is 1.04. The molecule has 2 unspecified atom stereocenters. The molecule has 0 aromatic heterocycles. The molecule has 0 spiro atoms. The van der Waals surface area contributed by atoms with Gasteiger partial charge >= 0.3 is 0 Å². The standard InChI is InChI=1S/C25H34O7/c1-3-10-28-25(32-27)20-9-8-18-11-17(6-7-19(18)12-20)5-4-16(2)13-29-22-15-31-23-21(26)14-30-24(22)23/h6-9,11-12,16,21-27H,3-5,10,13-15H2,1-2H3/t16?,21-,22-,23-,24-,25?/m1/s1. The Morgan fingerprint density at radius 2 is 1.84 bits per heavy atom. The molecule has 4 rings (SSSR count). The molecule has 2 aromatic carbocycles. The Kier molecular flexibility index (Phi) is 8.12. The lowest BCUT2D eigenvalue weighted by atomic mass is 9.98. The molecule has 0 amide bonds. The Hall–Kier alpha value is -1.58. The molecule has 0 radical (unpaired) electrons. The minimum Gasteiger partial charge on any atom is -0.388 e. The predicted molar refractivity (Wildman–Crippen MR) is 119 cm³/mol. The molecule has 2 heterocycles. The molecule has 2 fully saturated rings. The summed E-state index contributed by atoms with van der Waals surface area (Å²) in [7, 11) is 0. The van der Waals surface area contributed by atoms with Gasteiger partial charge in [-0.3, -0.25) is 0 Å². The van der Waals surface area contributed by atoms with Gasteiger partial charge in [-0.15, -0.1) is 0 Å². The van der Waals surface area contributed by atoms with Crippen LogP contribution in [0.3, 0.4) is 0 Å². The lowest BCUT2D eigenvalue weighted by Gasteiger charge is -2.19. The van der Waals surface area contributed by atoms with E-state index in [4.69, 9.17) is 24.2 Å². The Balaban J connectivity index is 1.28. The monoisotopic (exact) mass is 446 g/mol. The number of fused-ring (bicyclic) bond motifs is 2. The zero-order chi connectivity index (χ0) is 22.5. The van der Waals surface area contributed by atoms with E-state index in [9.17, 15) is 5.11 Å². The van der Waals surface area contributed by atoms with Crippen molar-refractivity contribution in [3.63, 3.8) is 0 Å². The highest BCUT2D eigenvalue weighted by Gasteiger charge is 2.47. The van der Waals surface area contributed by atoms with Crippen molar-refractivity contribution >= 4 is 10.8 Å². The Morgan fingerprint density at radius 3 is 2.66 bits per heavy atom. The van der Waals surface area contributed by atoms with Crippen molar-refractivity contribution in [1.29, 1.82) is 0 Å². The first-order valence-electron chi connectivity index (χ1n) is 11.6. The summed E-state index contributed by atoms with van der Waals surface area (Å²) in [6.45, 7) is 6.18. The maximum Gasteiger partial charge on any atom is 0.217 e. The van der Waals surface area contributed by atoms with Crippen LogP contribution in [0, 0.1) is 5.92 Å². The summed E-state index contributed by atoms with van der Waals surface area (Å²) in [6, 6.07) is 12.4. The highest BCUT2D eigenvalue weighted by Crippen LogP contribution is 2.29. The van der Waals surface area contributed by atoms with E-state index < -0.39 is 12.4 Å². The molecule has 7 nitrogen and oxygen atoms in total. The number of aliphatic hydroxyl groups is 1. The highest BCUT2D eigenvalue weighted by atomic mass is 17.1. The van der Waals surface area contributed by atoms with Gasteiger partial charge in [-0.1, -0.05) is 44.2 Å². The minimum absolute atomic E-state index is 0.0949. The van der Waals surface area contributed by atoms with Gasteiger partial charge in [0.15, 0.2) is 0 Å². The van der Waals surface area contributed by atoms with Crippen molar-refractivity contribution in [2.24, 2.45) is 5.92 Å². The van der Waals surface area contributed by atoms with Crippen LogP contribution in [-0.4, -0.2) is 61.2 Å². The minimum atomic E-state index is -0.765. The van der Waals surface area contributed by atoms with Crippen LogP contribution in [0.5, 0.6) is 0 Å². The van der Waals surface area contributed by atoms with Crippen molar-refractivity contribution in [1.82, 2.24) is 0 Å². The Morgan fingerprint density at radius 1 is 1.06 bits per heavy atom. The molecule has 0 bridgehead atoms. The van der Waals surface area contributed by atoms with Gasteiger partial charge in [0.2, 0.25) is 6.29 Å². The van der Waals surface area contributed by atoms with E-state index in [-0.39, 0.29) is 18.3 Å². The fourth-order valence-electron chi connectivity index (χ4n) is 4.40. The largest absolute Gasteiger partial charge is 0.388 e. The maximum atomic E-state index is 9.84. The van der Waals surface area contributed by atoms with Gasteiger partial charge in [-0.25, -0.2) is 10.1 Å². The van der Waals surface area contributed by atoms with Gasteiger partial charge in [0, 0.05) is 18.8 Å². The zero-order valence-electron chi connectivity index (χ0n) is 18.8. The quantitative estimate of drug-likeness (QED) is 0.308. The molecule has 2 aliphatic rings. The van der Waals surface area contributed by atoms with E-state index in [1.54, 1.807) is 0 Å². The Bertz CT molecular complexity index is 872. The van der Waals surface area contributed by atoms with Crippen LogP contribution in [0.4, 0.5) is 0 Å². The molecule has 176 valence electrons. The molecular weight excluding hydrogens is 412 g/mol. The van der Waals surface area contributed by atoms with E-state index in [0.717, 1.165) is 35.6 Å². The average molecular weight is 447 g/mol. The predicted octanol–water partition coefficient (Wildman–Crippen LogP) is 3.87. The number of aryl methyl sites for hydroxylation is 1. The van der Waals surface area contributed by atoms with Crippen molar-refractivity contribution in [2.75, 3.05) is 26.4 Å². The number of hydrogen-bond donors (Lipinski definition) is 2.